The van der Waals surface area contributed by atoms with E-state index >= 15 is 0 Å². The van der Waals surface area contributed by atoms with Gasteiger partial charge in [-0.05, 0) is 13.8 Å². The summed E-state index contributed by atoms with van der Waals surface area (Å²) in [5.74, 6) is -0.404. The fourth-order valence-electron chi connectivity index (χ4n) is 0.630. The van der Waals surface area contributed by atoms with Crippen LogP contribution in [0.5, 0.6) is 0 Å². The van der Waals surface area contributed by atoms with Crippen LogP contribution in [0.1, 0.15) is 13.8 Å². The molecule has 0 atom stereocenters. The Morgan fingerprint density at radius 2 is 2.43 bits per heavy atom. The van der Waals surface area contributed by atoms with Gasteiger partial charge >= 0.3 is 0 Å². The SMILES string of the molecule is CC(C)(C#N)C(=O)Nn1cnnc1N. The van der Waals surface area contributed by atoms with Crippen molar-refractivity contribution >= 4 is 11.9 Å². The summed E-state index contributed by atoms with van der Waals surface area (Å²) < 4.78 is 1.15. The van der Waals surface area contributed by atoms with Crippen molar-refractivity contribution in [1.29, 1.82) is 5.26 Å². The molecule has 0 saturated heterocycles. The largest absolute Gasteiger partial charge is 0.366 e. The van der Waals surface area contributed by atoms with Crippen molar-refractivity contribution in [2.45, 2.75) is 13.8 Å². The molecule has 0 radical (unpaired) electrons. The highest BCUT2D eigenvalue weighted by atomic mass is 16.2. The average molecular weight is 194 g/mol. The average Bonchev–Trinajstić information content (AvgIpc) is 2.52. The van der Waals surface area contributed by atoms with Crippen LogP contribution in [0.4, 0.5) is 5.95 Å². The van der Waals surface area contributed by atoms with Gasteiger partial charge in [-0.1, -0.05) is 0 Å². The molecule has 1 amide bonds. The zero-order valence-corrected chi connectivity index (χ0v) is 7.85. The van der Waals surface area contributed by atoms with Crippen LogP contribution < -0.4 is 11.2 Å². The smallest absolute Gasteiger partial charge is 0.258 e. The van der Waals surface area contributed by atoms with Gasteiger partial charge < -0.3 is 5.73 Å². The molecule has 1 rings (SSSR count). The van der Waals surface area contributed by atoms with Gasteiger partial charge in [0.25, 0.3) is 5.91 Å². The molecule has 0 unspecified atom stereocenters. The van der Waals surface area contributed by atoms with Gasteiger partial charge in [0.05, 0.1) is 6.07 Å². The van der Waals surface area contributed by atoms with Crippen molar-refractivity contribution in [2.75, 3.05) is 11.2 Å². The van der Waals surface area contributed by atoms with E-state index in [9.17, 15) is 4.79 Å². The van der Waals surface area contributed by atoms with E-state index in [2.05, 4.69) is 15.6 Å². The number of nitrogens with zero attached hydrogens (tertiary/aromatic N) is 4. The number of anilines is 1. The minimum atomic E-state index is -1.11. The first-order valence-electron chi connectivity index (χ1n) is 3.85. The first-order chi connectivity index (χ1) is 6.47. The number of hydrogen-bond acceptors (Lipinski definition) is 5. The Balaban J connectivity index is 2.78. The van der Waals surface area contributed by atoms with Gasteiger partial charge in [0, 0.05) is 0 Å². The highest BCUT2D eigenvalue weighted by molar-refractivity contribution is 5.91. The topological polar surface area (TPSA) is 110 Å². The first-order valence-corrected chi connectivity index (χ1v) is 3.85. The molecule has 7 heteroatoms. The van der Waals surface area contributed by atoms with Crippen molar-refractivity contribution < 1.29 is 4.79 Å². The molecule has 0 spiro atoms. The molecule has 1 aromatic heterocycles. The monoisotopic (exact) mass is 194 g/mol. The summed E-state index contributed by atoms with van der Waals surface area (Å²) in [4.78, 5) is 11.4. The Bertz CT molecular complexity index is 387. The standard InChI is InChI=1S/C7H10N6O/c1-7(2,3-8)5(14)12-13-4-10-11-6(13)9/h4H,1-2H3,(H2,9,11)(H,12,14). The van der Waals surface area contributed by atoms with Crippen LogP contribution >= 0.6 is 0 Å². The van der Waals surface area contributed by atoms with Crippen LogP contribution in [0.2, 0.25) is 0 Å². The second-order valence-electron chi connectivity index (χ2n) is 3.24. The maximum absolute atomic E-state index is 11.4. The highest BCUT2D eigenvalue weighted by Crippen LogP contribution is 2.13. The summed E-state index contributed by atoms with van der Waals surface area (Å²) in [5, 5.41) is 15.6. The van der Waals surface area contributed by atoms with E-state index in [-0.39, 0.29) is 5.95 Å². The summed E-state index contributed by atoms with van der Waals surface area (Å²) in [5.41, 5.74) is 6.64. The molecule has 14 heavy (non-hydrogen) atoms. The molecular weight excluding hydrogens is 184 g/mol. The lowest BCUT2D eigenvalue weighted by Crippen LogP contribution is -2.34. The lowest BCUT2D eigenvalue weighted by atomic mass is 9.95. The van der Waals surface area contributed by atoms with Gasteiger partial charge in [-0.2, -0.15) is 5.26 Å². The number of carbonyl (C=O) groups is 1. The predicted octanol–water partition coefficient (Wildman–Crippen LogP) is -0.520. The van der Waals surface area contributed by atoms with Crippen LogP contribution in [0.3, 0.4) is 0 Å². The fraction of sp³-hybridized carbons (Fsp3) is 0.429. The number of nitrogens with two attached hydrogens (primary N) is 1. The normalized spacial score (nSPS) is 10.6. The number of rotatable bonds is 2. The van der Waals surface area contributed by atoms with E-state index in [1.165, 1.54) is 20.2 Å². The summed E-state index contributed by atoms with van der Waals surface area (Å²) in [6.45, 7) is 3.01. The van der Waals surface area contributed by atoms with Gasteiger partial charge in [-0.15, -0.1) is 10.2 Å². The molecule has 0 bridgehead atoms. The maximum Gasteiger partial charge on any atom is 0.258 e. The van der Waals surface area contributed by atoms with Gasteiger partial charge in [-0.25, -0.2) is 4.68 Å². The van der Waals surface area contributed by atoms with Gasteiger partial charge in [0.15, 0.2) is 0 Å². The second-order valence-corrected chi connectivity index (χ2v) is 3.24. The third-order valence-corrected chi connectivity index (χ3v) is 1.64. The van der Waals surface area contributed by atoms with E-state index in [0.29, 0.717) is 0 Å². The number of carbonyl (C=O) groups excluding carboxylic acids is 1. The maximum atomic E-state index is 11.4. The number of nitrogens with one attached hydrogen (secondary N) is 1. The zero-order chi connectivity index (χ0) is 10.8. The minimum Gasteiger partial charge on any atom is -0.366 e. The van der Waals surface area contributed by atoms with Crippen LogP contribution in [-0.4, -0.2) is 20.8 Å². The highest BCUT2D eigenvalue weighted by Gasteiger charge is 2.27. The lowest BCUT2D eigenvalue weighted by molar-refractivity contribution is -0.122. The molecule has 0 aliphatic rings. The Morgan fingerprint density at radius 1 is 1.79 bits per heavy atom. The Kier molecular flexibility index (Phi) is 2.38. The second kappa shape index (κ2) is 3.33. The van der Waals surface area contributed by atoms with Gasteiger partial charge in [0.2, 0.25) is 5.95 Å². The molecule has 0 aromatic carbocycles. The minimum absolute atomic E-state index is 0.0621. The molecule has 1 heterocycles. The van der Waals surface area contributed by atoms with Gasteiger partial charge in [0.1, 0.15) is 11.7 Å². The van der Waals surface area contributed by atoms with E-state index in [0.717, 1.165) is 4.68 Å². The van der Waals surface area contributed by atoms with Crippen molar-refractivity contribution in [2.24, 2.45) is 5.41 Å². The van der Waals surface area contributed by atoms with Crippen LogP contribution in [0.15, 0.2) is 6.33 Å². The molecule has 74 valence electrons. The number of nitriles is 1. The molecular formula is C7H10N6O. The Labute approximate surface area is 80.5 Å². The molecule has 0 saturated carbocycles. The summed E-state index contributed by atoms with van der Waals surface area (Å²) in [7, 11) is 0. The lowest BCUT2D eigenvalue weighted by Gasteiger charge is -2.15. The van der Waals surface area contributed by atoms with Crippen molar-refractivity contribution in [3.05, 3.63) is 6.33 Å². The van der Waals surface area contributed by atoms with Crippen molar-refractivity contribution in [3.8, 4) is 6.07 Å². The van der Waals surface area contributed by atoms with Crippen molar-refractivity contribution in [1.82, 2.24) is 14.9 Å². The molecule has 1 aromatic rings. The number of hydrogen-bond donors (Lipinski definition) is 2. The molecule has 0 aliphatic carbocycles. The fourth-order valence-corrected chi connectivity index (χ4v) is 0.630. The van der Waals surface area contributed by atoms with E-state index < -0.39 is 11.3 Å². The van der Waals surface area contributed by atoms with E-state index in [4.69, 9.17) is 11.0 Å². The number of nitrogen functional groups attached to an aromatic ring is 1. The van der Waals surface area contributed by atoms with Crippen LogP contribution in [-0.2, 0) is 4.79 Å². The van der Waals surface area contributed by atoms with E-state index in [1.807, 2.05) is 6.07 Å². The Hall–Kier alpha value is -2.10. The summed E-state index contributed by atoms with van der Waals surface area (Å²) in [6, 6.07) is 1.87. The third-order valence-electron chi connectivity index (χ3n) is 1.64. The molecule has 3 N–H and O–H groups in total. The Morgan fingerprint density at radius 3 is 2.86 bits per heavy atom. The summed E-state index contributed by atoms with van der Waals surface area (Å²) >= 11 is 0. The first kappa shape index (κ1) is 9.98. The van der Waals surface area contributed by atoms with E-state index in [1.54, 1.807) is 0 Å². The molecule has 7 nitrogen and oxygen atoms in total. The number of amides is 1. The number of aromatic nitrogens is 3. The van der Waals surface area contributed by atoms with Crippen LogP contribution in [0, 0.1) is 16.7 Å². The van der Waals surface area contributed by atoms with Crippen molar-refractivity contribution in [3.63, 3.8) is 0 Å². The quantitative estimate of drug-likeness (QED) is 0.658. The molecule has 0 aliphatic heterocycles. The summed E-state index contributed by atoms with van der Waals surface area (Å²) in [6.07, 6.45) is 1.25. The zero-order valence-electron chi connectivity index (χ0n) is 7.85. The van der Waals surface area contributed by atoms with Gasteiger partial charge in [-0.3, -0.25) is 10.2 Å². The predicted molar refractivity (Wildman–Crippen MR) is 48.2 cm³/mol. The third kappa shape index (κ3) is 1.80. The molecule has 0 fully saturated rings. The van der Waals surface area contributed by atoms with Crippen LogP contribution in [0.25, 0.3) is 0 Å².